The predicted octanol–water partition coefficient (Wildman–Crippen LogP) is 2.81. The first-order chi connectivity index (χ1) is 8.35. The number of carbonyl (C=O) groups is 1. The number of hydrogen-bond acceptors (Lipinski definition) is 2. The Kier molecular flexibility index (Phi) is 2.90. The summed E-state index contributed by atoms with van der Waals surface area (Å²) < 4.78 is 40.4. The number of aromatic nitrogens is 1. The van der Waals surface area contributed by atoms with Crippen LogP contribution in [0.15, 0.2) is 24.3 Å². The zero-order chi connectivity index (χ0) is 13.3. The Labute approximate surface area is 99.0 Å². The van der Waals surface area contributed by atoms with Crippen LogP contribution in [0.5, 0.6) is 5.75 Å². The van der Waals surface area contributed by atoms with Gasteiger partial charge in [0.15, 0.2) is 6.61 Å². The molecular formula is C11H8F3NO3. The van der Waals surface area contributed by atoms with Gasteiger partial charge in [0.05, 0.1) is 0 Å². The molecule has 0 radical (unpaired) electrons. The van der Waals surface area contributed by atoms with Crippen molar-refractivity contribution in [2.24, 2.45) is 0 Å². The van der Waals surface area contributed by atoms with Crippen molar-refractivity contribution < 1.29 is 27.8 Å². The molecule has 1 heterocycles. The lowest BCUT2D eigenvalue weighted by molar-refractivity contribution is -0.153. The van der Waals surface area contributed by atoms with Crippen molar-refractivity contribution >= 4 is 16.9 Å². The van der Waals surface area contributed by atoms with Crippen LogP contribution in [0.25, 0.3) is 10.9 Å². The Morgan fingerprint density at radius 3 is 2.67 bits per heavy atom. The summed E-state index contributed by atoms with van der Waals surface area (Å²) in [4.78, 5) is 13.3. The maximum absolute atomic E-state index is 12.0. The Morgan fingerprint density at radius 1 is 1.33 bits per heavy atom. The van der Waals surface area contributed by atoms with Crippen LogP contribution in [0.3, 0.4) is 0 Å². The number of nitrogens with one attached hydrogen (secondary N) is 1. The van der Waals surface area contributed by atoms with Crippen LogP contribution in [-0.2, 0) is 0 Å². The molecule has 4 nitrogen and oxygen atoms in total. The van der Waals surface area contributed by atoms with E-state index in [0.717, 1.165) is 0 Å². The zero-order valence-corrected chi connectivity index (χ0v) is 8.91. The minimum absolute atomic E-state index is 0.0265. The van der Waals surface area contributed by atoms with Gasteiger partial charge in [0.2, 0.25) is 0 Å². The fourth-order valence-corrected chi connectivity index (χ4v) is 1.48. The summed E-state index contributed by atoms with van der Waals surface area (Å²) in [5.74, 6) is -1.11. The van der Waals surface area contributed by atoms with E-state index in [-0.39, 0.29) is 11.4 Å². The van der Waals surface area contributed by atoms with Crippen molar-refractivity contribution in [2.75, 3.05) is 6.61 Å². The van der Waals surface area contributed by atoms with E-state index in [0.29, 0.717) is 10.9 Å². The maximum atomic E-state index is 12.0. The molecule has 0 fully saturated rings. The molecule has 7 heteroatoms. The number of hydrogen-bond donors (Lipinski definition) is 2. The Morgan fingerprint density at radius 2 is 2.06 bits per heavy atom. The van der Waals surface area contributed by atoms with Gasteiger partial charge in [-0.25, -0.2) is 4.79 Å². The van der Waals surface area contributed by atoms with Gasteiger partial charge < -0.3 is 14.8 Å². The number of carboxylic acid groups (broad SMARTS) is 1. The molecule has 0 bridgehead atoms. The highest BCUT2D eigenvalue weighted by Crippen LogP contribution is 2.23. The normalized spacial score (nSPS) is 11.7. The molecule has 0 amide bonds. The topological polar surface area (TPSA) is 62.3 Å². The van der Waals surface area contributed by atoms with Crippen molar-refractivity contribution in [3.8, 4) is 5.75 Å². The van der Waals surface area contributed by atoms with Gasteiger partial charge in [-0.05, 0) is 18.2 Å². The van der Waals surface area contributed by atoms with E-state index < -0.39 is 18.8 Å². The molecular weight excluding hydrogens is 251 g/mol. The number of carboxylic acids is 1. The monoisotopic (exact) mass is 259 g/mol. The molecule has 1 aromatic carbocycles. The van der Waals surface area contributed by atoms with E-state index in [2.05, 4.69) is 9.72 Å². The molecule has 0 aliphatic carbocycles. The third kappa shape index (κ3) is 2.73. The maximum Gasteiger partial charge on any atom is 0.422 e. The Bertz CT molecular complexity index is 589. The van der Waals surface area contributed by atoms with Crippen LogP contribution < -0.4 is 4.74 Å². The molecule has 0 atom stereocenters. The largest absolute Gasteiger partial charge is 0.484 e. The van der Waals surface area contributed by atoms with Gasteiger partial charge in [-0.3, -0.25) is 0 Å². The molecule has 0 unspecified atom stereocenters. The number of ether oxygens (including phenoxy) is 1. The Balaban J connectivity index is 2.24. The standard InChI is InChI=1S/C11H8F3NO3/c12-11(13,14)5-18-7-2-1-6-3-9(10(16)17)15-8(6)4-7/h1-4,15H,5H2,(H,16,17). The SMILES string of the molecule is O=C(O)c1cc2ccc(OCC(F)(F)F)cc2[nH]1. The van der Waals surface area contributed by atoms with Crippen molar-refractivity contribution in [2.45, 2.75) is 6.18 Å². The minimum Gasteiger partial charge on any atom is -0.484 e. The summed E-state index contributed by atoms with van der Waals surface area (Å²) in [6.45, 7) is -1.38. The van der Waals surface area contributed by atoms with Crippen molar-refractivity contribution in [1.29, 1.82) is 0 Å². The molecule has 2 N–H and O–H groups in total. The third-order valence-corrected chi connectivity index (χ3v) is 2.23. The molecule has 0 saturated carbocycles. The van der Waals surface area contributed by atoms with Gasteiger partial charge in [0.25, 0.3) is 0 Å². The second-order valence-electron chi connectivity index (χ2n) is 3.64. The molecule has 0 spiro atoms. The average molecular weight is 259 g/mol. The molecule has 2 aromatic rings. The van der Waals surface area contributed by atoms with Gasteiger partial charge >= 0.3 is 12.1 Å². The second-order valence-corrected chi connectivity index (χ2v) is 3.64. The van der Waals surface area contributed by atoms with Crippen molar-refractivity contribution in [3.63, 3.8) is 0 Å². The number of H-pyrrole nitrogens is 1. The zero-order valence-electron chi connectivity index (χ0n) is 8.91. The summed E-state index contributed by atoms with van der Waals surface area (Å²) >= 11 is 0. The quantitative estimate of drug-likeness (QED) is 0.890. The lowest BCUT2D eigenvalue weighted by Gasteiger charge is -2.08. The van der Waals surface area contributed by atoms with Gasteiger partial charge in [-0.1, -0.05) is 0 Å². The van der Waals surface area contributed by atoms with Crippen LogP contribution in [0.4, 0.5) is 13.2 Å². The number of rotatable bonds is 3. The number of aromatic carboxylic acids is 1. The van der Waals surface area contributed by atoms with E-state index in [1.165, 1.54) is 24.3 Å². The van der Waals surface area contributed by atoms with Crippen LogP contribution in [0.1, 0.15) is 10.5 Å². The lowest BCUT2D eigenvalue weighted by atomic mass is 10.2. The van der Waals surface area contributed by atoms with Crippen LogP contribution >= 0.6 is 0 Å². The summed E-state index contributed by atoms with van der Waals surface area (Å²) in [7, 11) is 0. The highest BCUT2D eigenvalue weighted by Gasteiger charge is 2.28. The highest BCUT2D eigenvalue weighted by molar-refractivity contribution is 5.94. The van der Waals surface area contributed by atoms with Gasteiger partial charge in [-0.15, -0.1) is 0 Å². The third-order valence-electron chi connectivity index (χ3n) is 2.23. The molecule has 18 heavy (non-hydrogen) atoms. The Hall–Kier alpha value is -2.18. The first-order valence-electron chi connectivity index (χ1n) is 4.91. The van der Waals surface area contributed by atoms with E-state index in [1.54, 1.807) is 0 Å². The molecule has 1 aromatic heterocycles. The van der Waals surface area contributed by atoms with Gasteiger partial charge in [0, 0.05) is 17.0 Å². The number of fused-ring (bicyclic) bond motifs is 1. The molecule has 96 valence electrons. The van der Waals surface area contributed by atoms with Crippen molar-refractivity contribution in [1.82, 2.24) is 4.98 Å². The fourth-order valence-electron chi connectivity index (χ4n) is 1.48. The first kappa shape index (κ1) is 12.3. The van der Waals surface area contributed by atoms with E-state index in [4.69, 9.17) is 5.11 Å². The van der Waals surface area contributed by atoms with Crippen LogP contribution in [0.2, 0.25) is 0 Å². The minimum atomic E-state index is -4.41. The molecule has 0 aliphatic rings. The smallest absolute Gasteiger partial charge is 0.422 e. The molecule has 0 aliphatic heterocycles. The number of alkyl halides is 3. The highest BCUT2D eigenvalue weighted by atomic mass is 19.4. The average Bonchev–Trinajstić information content (AvgIpc) is 2.68. The lowest BCUT2D eigenvalue weighted by Crippen LogP contribution is -2.19. The van der Waals surface area contributed by atoms with Crippen molar-refractivity contribution in [3.05, 3.63) is 30.0 Å². The summed E-state index contributed by atoms with van der Waals surface area (Å²) in [6, 6.07) is 5.57. The van der Waals surface area contributed by atoms with Gasteiger partial charge in [0.1, 0.15) is 11.4 Å². The van der Waals surface area contributed by atoms with Crippen LogP contribution in [0, 0.1) is 0 Å². The van der Waals surface area contributed by atoms with E-state index in [1.807, 2.05) is 0 Å². The summed E-state index contributed by atoms with van der Waals surface area (Å²) in [5.41, 5.74) is 0.380. The number of benzene rings is 1. The second kappa shape index (κ2) is 4.25. The molecule has 0 saturated heterocycles. The van der Waals surface area contributed by atoms with Gasteiger partial charge in [-0.2, -0.15) is 13.2 Å². The summed E-state index contributed by atoms with van der Waals surface area (Å²) in [6.07, 6.45) is -4.41. The first-order valence-corrected chi connectivity index (χ1v) is 4.91. The fraction of sp³-hybridized carbons (Fsp3) is 0.182. The predicted molar refractivity (Wildman–Crippen MR) is 56.8 cm³/mol. The molecule has 2 rings (SSSR count). The van der Waals surface area contributed by atoms with Crippen LogP contribution in [-0.4, -0.2) is 28.8 Å². The van der Waals surface area contributed by atoms with E-state index >= 15 is 0 Å². The number of halogens is 3. The van der Waals surface area contributed by atoms with E-state index in [9.17, 15) is 18.0 Å². The summed E-state index contributed by atoms with van der Waals surface area (Å²) in [5, 5.41) is 9.34. The number of aromatic amines is 1.